The van der Waals surface area contributed by atoms with Crippen molar-refractivity contribution >= 4 is 5.91 Å². The smallest absolute Gasteiger partial charge is 0.220 e. The van der Waals surface area contributed by atoms with Crippen LogP contribution in [0, 0.1) is 0 Å². The highest BCUT2D eigenvalue weighted by Gasteiger charge is 2.16. The number of rotatable bonds is 4. The molecule has 0 aromatic carbocycles. The van der Waals surface area contributed by atoms with Gasteiger partial charge in [-0.3, -0.25) is 4.79 Å². The molecule has 4 heteroatoms. The lowest BCUT2D eigenvalue weighted by molar-refractivity contribution is -0.873. The third-order valence-electron chi connectivity index (χ3n) is 1.20. The van der Waals surface area contributed by atoms with E-state index in [0.717, 1.165) is 0 Å². The quantitative estimate of drug-likeness (QED) is 0.612. The Bertz CT molecular complexity index is 141. The number of likely N-dealkylation sites (N-methyl/N-ethyl adjacent to an activating group) is 1. The van der Waals surface area contributed by atoms with Crippen molar-refractivity contribution in [3.8, 4) is 0 Å². The van der Waals surface area contributed by atoms with Gasteiger partial charge < -0.3 is 15.3 Å². The van der Waals surface area contributed by atoms with Crippen molar-refractivity contribution in [3.05, 3.63) is 0 Å². The largest absolute Gasteiger partial charge is 0.387 e. The minimum atomic E-state index is -0.618. The van der Waals surface area contributed by atoms with Gasteiger partial charge in [0, 0.05) is 0 Å². The predicted octanol–water partition coefficient (Wildman–Crippen LogP) is -0.0449. The first-order valence-electron chi connectivity index (χ1n) is 4.58. The average molecular weight is 191 g/mol. The van der Waals surface area contributed by atoms with Crippen LogP contribution in [0.25, 0.3) is 0 Å². The molecule has 0 heterocycles. The van der Waals surface area contributed by atoms with Crippen molar-refractivity contribution in [1.82, 2.24) is 0 Å². The number of nitrogens with zero attached hydrogens (tertiary/aromatic N) is 1. The summed E-state index contributed by atoms with van der Waals surface area (Å²) in [6, 6.07) is 0. The monoisotopic (exact) mass is 191 g/mol. The Morgan fingerprint density at radius 1 is 1.38 bits per heavy atom. The van der Waals surface area contributed by atoms with Gasteiger partial charge in [0.2, 0.25) is 5.91 Å². The van der Waals surface area contributed by atoms with Crippen molar-refractivity contribution in [3.63, 3.8) is 0 Å². The van der Waals surface area contributed by atoms with Crippen LogP contribution in [0.2, 0.25) is 0 Å². The third kappa shape index (κ3) is 14.3. The summed E-state index contributed by atoms with van der Waals surface area (Å²) in [4.78, 5) is 10.4. The molecule has 1 unspecified atom stereocenters. The summed E-state index contributed by atoms with van der Waals surface area (Å²) in [5.41, 5.74) is 4.91. The van der Waals surface area contributed by atoms with Crippen LogP contribution in [-0.2, 0) is 4.79 Å². The van der Waals surface area contributed by atoms with Gasteiger partial charge in [0.05, 0.1) is 27.6 Å². The zero-order valence-electron chi connectivity index (χ0n) is 9.37. The Hall–Kier alpha value is -0.610. The summed E-state index contributed by atoms with van der Waals surface area (Å²) < 4.78 is 0.633. The van der Waals surface area contributed by atoms with Crippen LogP contribution in [0.3, 0.4) is 0 Å². The summed E-state index contributed by atoms with van der Waals surface area (Å²) in [6.45, 7) is 4.54. The van der Waals surface area contributed by atoms with Gasteiger partial charge in [-0.1, -0.05) is 13.8 Å². The number of nitrogens with two attached hydrogens (primary N) is 1. The van der Waals surface area contributed by atoms with Gasteiger partial charge in [0.25, 0.3) is 0 Å². The fraction of sp³-hybridized carbons (Fsp3) is 0.889. The van der Waals surface area contributed by atoms with E-state index in [1.54, 1.807) is 0 Å². The fourth-order valence-electron chi connectivity index (χ4n) is 0.929. The second kappa shape index (κ2) is 6.86. The highest BCUT2D eigenvalue weighted by Crippen LogP contribution is 1.97. The van der Waals surface area contributed by atoms with Gasteiger partial charge >= 0.3 is 0 Å². The highest BCUT2D eigenvalue weighted by atomic mass is 16.3. The molecule has 1 amide bonds. The van der Waals surface area contributed by atoms with Gasteiger partial charge in [-0.05, 0) is 0 Å². The van der Waals surface area contributed by atoms with Crippen molar-refractivity contribution in [2.45, 2.75) is 26.4 Å². The van der Waals surface area contributed by atoms with Crippen molar-refractivity contribution < 1.29 is 14.4 Å². The second-order valence-electron chi connectivity index (χ2n) is 3.80. The minimum absolute atomic E-state index is 0.0511. The first kappa shape index (κ1) is 14.9. The van der Waals surface area contributed by atoms with Crippen LogP contribution in [0.5, 0.6) is 0 Å². The van der Waals surface area contributed by atoms with Crippen LogP contribution in [0.15, 0.2) is 0 Å². The number of amides is 1. The Labute approximate surface area is 80.9 Å². The van der Waals surface area contributed by atoms with Crippen molar-refractivity contribution in [2.75, 3.05) is 27.7 Å². The Balaban J connectivity index is 0. The van der Waals surface area contributed by atoms with Gasteiger partial charge in [0.15, 0.2) is 0 Å². The fourth-order valence-corrected chi connectivity index (χ4v) is 0.929. The molecule has 0 saturated heterocycles. The molecule has 80 valence electrons. The van der Waals surface area contributed by atoms with Crippen molar-refractivity contribution in [2.24, 2.45) is 5.73 Å². The lowest BCUT2D eigenvalue weighted by Gasteiger charge is -2.26. The average Bonchev–Trinajstić information content (AvgIpc) is 1.85. The Morgan fingerprint density at radius 2 is 1.77 bits per heavy atom. The Kier molecular flexibility index (Phi) is 7.85. The number of quaternary nitrogens is 1. The van der Waals surface area contributed by atoms with Crippen LogP contribution in [0.1, 0.15) is 20.3 Å². The highest BCUT2D eigenvalue weighted by molar-refractivity contribution is 5.74. The molecular weight excluding hydrogens is 168 g/mol. The topological polar surface area (TPSA) is 63.3 Å². The second-order valence-corrected chi connectivity index (χ2v) is 3.80. The zero-order valence-corrected chi connectivity index (χ0v) is 9.37. The molecule has 0 bridgehead atoms. The maximum Gasteiger partial charge on any atom is 0.220 e. The van der Waals surface area contributed by atoms with E-state index < -0.39 is 12.0 Å². The van der Waals surface area contributed by atoms with E-state index >= 15 is 0 Å². The standard InChI is InChI=1S/C7H16N2O2.C2H6/c1-9(2,3)5-6(10)4-7(8)11;1-2/h6,10H,4-5H2,1-3H3,(H-,8,11);1-2H3/p+1. The molecule has 0 radical (unpaired) electrons. The van der Waals surface area contributed by atoms with Crippen molar-refractivity contribution in [1.29, 1.82) is 0 Å². The molecule has 0 aromatic rings. The van der Waals surface area contributed by atoms with E-state index in [9.17, 15) is 9.90 Å². The van der Waals surface area contributed by atoms with Crippen LogP contribution in [-0.4, -0.2) is 49.3 Å². The molecule has 0 aliphatic rings. The lowest BCUT2D eigenvalue weighted by atomic mass is 10.2. The minimum Gasteiger partial charge on any atom is -0.387 e. The molecule has 0 aromatic heterocycles. The molecule has 0 aliphatic carbocycles. The molecule has 1 atom stereocenters. The van der Waals surface area contributed by atoms with Gasteiger partial charge in [-0.15, -0.1) is 0 Å². The summed E-state index contributed by atoms with van der Waals surface area (Å²) in [7, 11) is 5.85. The van der Waals surface area contributed by atoms with Crippen LogP contribution >= 0.6 is 0 Å². The molecular formula is C9H23N2O2+. The molecule has 0 saturated carbocycles. The number of aliphatic hydroxyl groups is 1. The van der Waals surface area contributed by atoms with Crippen LogP contribution < -0.4 is 5.73 Å². The summed E-state index contributed by atoms with van der Waals surface area (Å²) in [6.07, 6.45) is -0.567. The maximum atomic E-state index is 10.4. The predicted molar refractivity (Wildman–Crippen MR) is 54.1 cm³/mol. The summed E-state index contributed by atoms with van der Waals surface area (Å²) in [5.74, 6) is -0.453. The number of carbonyl (C=O) groups is 1. The molecule has 0 rings (SSSR count). The summed E-state index contributed by atoms with van der Waals surface area (Å²) in [5, 5.41) is 9.24. The SMILES string of the molecule is CC.C[N+](C)(C)CC(O)CC(N)=O. The van der Waals surface area contributed by atoms with E-state index in [1.165, 1.54) is 0 Å². The third-order valence-corrected chi connectivity index (χ3v) is 1.20. The van der Waals surface area contributed by atoms with E-state index in [-0.39, 0.29) is 6.42 Å². The first-order chi connectivity index (χ1) is 5.81. The molecule has 0 spiro atoms. The summed E-state index contributed by atoms with van der Waals surface area (Å²) >= 11 is 0. The Morgan fingerprint density at radius 3 is 2.00 bits per heavy atom. The number of carbonyl (C=O) groups excluding carboxylic acids is 1. The molecule has 0 aliphatic heterocycles. The zero-order chi connectivity index (χ0) is 11.1. The number of hydrogen-bond donors (Lipinski definition) is 2. The van der Waals surface area contributed by atoms with E-state index in [0.29, 0.717) is 11.0 Å². The van der Waals surface area contributed by atoms with Crippen LogP contribution in [0.4, 0.5) is 0 Å². The molecule has 0 fully saturated rings. The lowest BCUT2D eigenvalue weighted by Crippen LogP contribution is -2.42. The van der Waals surface area contributed by atoms with Gasteiger partial charge in [-0.25, -0.2) is 0 Å². The number of hydrogen-bond acceptors (Lipinski definition) is 2. The number of primary amides is 1. The van der Waals surface area contributed by atoms with E-state index in [1.807, 2.05) is 35.0 Å². The molecule has 4 nitrogen and oxygen atoms in total. The van der Waals surface area contributed by atoms with E-state index in [2.05, 4.69) is 0 Å². The van der Waals surface area contributed by atoms with Gasteiger partial charge in [0.1, 0.15) is 12.6 Å². The molecule has 13 heavy (non-hydrogen) atoms. The van der Waals surface area contributed by atoms with E-state index in [4.69, 9.17) is 5.73 Å². The normalized spacial score (nSPS) is 12.8. The number of aliphatic hydroxyl groups excluding tert-OH is 1. The first-order valence-corrected chi connectivity index (χ1v) is 4.58. The maximum absolute atomic E-state index is 10.4. The van der Waals surface area contributed by atoms with Gasteiger partial charge in [-0.2, -0.15) is 0 Å². The molecule has 3 N–H and O–H groups in total.